The number of hydrogen-bond acceptors (Lipinski definition) is 8. The van der Waals surface area contributed by atoms with Gasteiger partial charge >= 0.3 is 0 Å². The van der Waals surface area contributed by atoms with Crippen molar-refractivity contribution in [1.29, 1.82) is 0 Å². The van der Waals surface area contributed by atoms with Crippen LogP contribution in [0.2, 0.25) is 0 Å². The second-order valence-corrected chi connectivity index (χ2v) is 8.62. The van der Waals surface area contributed by atoms with E-state index in [0.29, 0.717) is 18.8 Å². The monoisotopic (exact) mass is 481 g/mol. The number of nitrogens with zero attached hydrogens (tertiary/aromatic N) is 3. The zero-order valence-electron chi connectivity index (χ0n) is 17.0. The summed E-state index contributed by atoms with van der Waals surface area (Å²) >= 11 is 5.03. The van der Waals surface area contributed by atoms with E-state index in [9.17, 15) is 33.4 Å². The van der Waals surface area contributed by atoms with Crippen molar-refractivity contribution >= 4 is 50.3 Å². The largest absolute Gasteiger partial charge is 0.332 e. The molecule has 0 unspecified atom stereocenters. The molecule has 0 spiro atoms. The van der Waals surface area contributed by atoms with E-state index < -0.39 is 37.2 Å². The SMILES string of the molecule is CCN(CC)S(=O)(=O)c1ccc(NC(=S)NC(=O)c2cc([N+](=O)[O-])cc([N+](=O)[O-])c2)cc1. The van der Waals surface area contributed by atoms with Crippen LogP contribution >= 0.6 is 12.2 Å². The van der Waals surface area contributed by atoms with Crippen LogP contribution in [0.5, 0.6) is 0 Å². The van der Waals surface area contributed by atoms with E-state index in [-0.39, 0.29) is 15.6 Å². The molecule has 12 nitrogen and oxygen atoms in total. The standard InChI is InChI=1S/C18H19N5O7S2/c1-3-21(4-2)32(29,30)16-7-5-13(6-8-16)19-18(31)20-17(24)12-9-14(22(25)26)11-15(10-12)23(27)28/h5-11H,3-4H2,1-2H3,(H2,19,20,24,31). The molecule has 14 heteroatoms. The maximum Gasteiger partial charge on any atom is 0.277 e. The Kier molecular flexibility index (Phi) is 7.91. The van der Waals surface area contributed by atoms with Crippen molar-refractivity contribution in [2.24, 2.45) is 0 Å². The molecule has 2 aromatic rings. The summed E-state index contributed by atoms with van der Waals surface area (Å²) in [5.74, 6) is -0.893. The maximum absolute atomic E-state index is 12.5. The van der Waals surface area contributed by atoms with Crippen molar-refractivity contribution in [2.45, 2.75) is 18.7 Å². The minimum atomic E-state index is -3.63. The number of carbonyl (C=O) groups is 1. The van der Waals surface area contributed by atoms with Crippen LogP contribution in [-0.4, -0.2) is 46.7 Å². The van der Waals surface area contributed by atoms with Crippen molar-refractivity contribution in [2.75, 3.05) is 18.4 Å². The van der Waals surface area contributed by atoms with E-state index in [0.717, 1.165) is 18.2 Å². The number of benzene rings is 2. The molecule has 0 atom stereocenters. The van der Waals surface area contributed by atoms with E-state index in [1.807, 2.05) is 0 Å². The van der Waals surface area contributed by atoms with E-state index >= 15 is 0 Å². The van der Waals surface area contributed by atoms with Crippen LogP contribution in [0.3, 0.4) is 0 Å². The summed E-state index contributed by atoms with van der Waals surface area (Å²) < 4.78 is 26.3. The highest BCUT2D eigenvalue weighted by atomic mass is 32.2. The van der Waals surface area contributed by atoms with Crippen LogP contribution in [-0.2, 0) is 10.0 Å². The third-order valence-corrected chi connectivity index (χ3v) is 6.54. The van der Waals surface area contributed by atoms with Crippen molar-refractivity contribution in [3.05, 3.63) is 68.3 Å². The molecule has 0 saturated heterocycles. The number of sulfonamides is 1. The van der Waals surface area contributed by atoms with Gasteiger partial charge < -0.3 is 5.32 Å². The normalized spacial score (nSPS) is 11.1. The summed E-state index contributed by atoms with van der Waals surface area (Å²) in [6, 6.07) is 8.17. The van der Waals surface area contributed by atoms with Gasteiger partial charge in [-0.1, -0.05) is 13.8 Å². The molecule has 0 fully saturated rings. The van der Waals surface area contributed by atoms with E-state index in [4.69, 9.17) is 12.2 Å². The fourth-order valence-electron chi connectivity index (χ4n) is 2.70. The molecular weight excluding hydrogens is 462 g/mol. The van der Waals surface area contributed by atoms with Gasteiger partial charge in [0, 0.05) is 30.9 Å². The summed E-state index contributed by atoms with van der Waals surface area (Å²) in [6.07, 6.45) is 0. The molecule has 2 rings (SSSR count). The zero-order chi connectivity index (χ0) is 24.1. The van der Waals surface area contributed by atoms with Gasteiger partial charge in [-0.25, -0.2) is 8.42 Å². The Hall–Kier alpha value is -3.49. The Morgan fingerprint density at radius 1 is 1.00 bits per heavy atom. The van der Waals surface area contributed by atoms with Gasteiger partial charge in [0.15, 0.2) is 5.11 Å². The second kappa shape index (κ2) is 10.2. The lowest BCUT2D eigenvalue weighted by atomic mass is 10.1. The molecule has 2 N–H and O–H groups in total. The minimum absolute atomic E-state index is 0.0885. The highest BCUT2D eigenvalue weighted by molar-refractivity contribution is 7.89. The molecule has 1 amide bonds. The highest BCUT2D eigenvalue weighted by Crippen LogP contribution is 2.23. The third kappa shape index (κ3) is 5.81. The number of thiocarbonyl (C=S) groups is 1. The molecule has 170 valence electrons. The number of carbonyl (C=O) groups excluding carboxylic acids is 1. The number of nitro groups is 2. The van der Waals surface area contributed by atoms with Crippen LogP contribution in [0.1, 0.15) is 24.2 Å². The fraction of sp³-hybridized carbons (Fsp3) is 0.222. The lowest BCUT2D eigenvalue weighted by Gasteiger charge is -2.18. The van der Waals surface area contributed by atoms with Crippen LogP contribution in [0.4, 0.5) is 17.1 Å². The summed E-state index contributed by atoms with van der Waals surface area (Å²) in [4.78, 5) is 32.7. The lowest BCUT2D eigenvalue weighted by molar-refractivity contribution is -0.394. The lowest BCUT2D eigenvalue weighted by Crippen LogP contribution is -2.34. The average Bonchev–Trinajstić information content (AvgIpc) is 2.74. The first kappa shape index (κ1) is 24.8. The molecule has 0 aromatic heterocycles. The first-order chi connectivity index (χ1) is 15.0. The molecule has 32 heavy (non-hydrogen) atoms. The summed E-state index contributed by atoms with van der Waals surface area (Å²) in [5, 5.41) is 26.7. The van der Waals surface area contributed by atoms with Crippen LogP contribution in [0.25, 0.3) is 0 Å². The Labute approximate surface area is 188 Å². The van der Waals surface area contributed by atoms with Crippen molar-refractivity contribution in [3.8, 4) is 0 Å². The zero-order valence-corrected chi connectivity index (χ0v) is 18.6. The second-order valence-electron chi connectivity index (χ2n) is 6.27. The Bertz CT molecular complexity index is 1130. The molecule has 0 aliphatic heterocycles. The van der Waals surface area contributed by atoms with Gasteiger partial charge in [-0.2, -0.15) is 4.31 Å². The predicted molar refractivity (Wildman–Crippen MR) is 120 cm³/mol. The first-order valence-corrected chi connectivity index (χ1v) is 11.0. The maximum atomic E-state index is 12.5. The molecule has 0 aliphatic rings. The van der Waals surface area contributed by atoms with Gasteiger partial charge in [0.2, 0.25) is 10.0 Å². The minimum Gasteiger partial charge on any atom is -0.332 e. The van der Waals surface area contributed by atoms with Crippen LogP contribution in [0, 0.1) is 20.2 Å². The van der Waals surface area contributed by atoms with E-state index in [1.165, 1.54) is 28.6 Å². The quantitative estimate of drug-likeness (QED) is 0.327. The van der Waals surface area contributed by atoms with Crippen molar-refractivity contribution < 1.29 is 23.1 Å². The van der Waals surface area contributed by atoms with Crippen LogP contribution in [0.15, 0.2) is 47.4 Å². The summed E-state index contributed by atoms with van der Waals surface area (Å²) in [5.41, 5.74) is -1.18. The van der Waals surface area contributed by atoms with Gasteiger partial charge in [-0.15, -0.1) is 0 Å². The van der Waals surface area contributed by atoms with Gasteiger partial charge in [0.05, 0.1) is 26.4 Å². The number of amides is 1. The van der Waals surface area contributed by atoms with Crippen molar-refractivity contribution in [1.82, 2.24) is 9.62 Å². The smallest absolute Gasteiger partial charge is 0.277 e. The predicted octanol–water partition coefficient (Wildman–Crippen LogP) is 2.66. The number of nitro benzene ring substituents is 2. The molecule has 0 radical (unpaired) electrons. The van der Waals surface area contributed by atoms with Gasteiger partial charge in [0.1, 0.15) is 0 Å². The van der Waals surface area contributed by atoms with E-state index in [1.54, 1.807) is 13.8 Å². The Morgan fingerprint density at radius 2 is 1.50 bits per heavy atom. The first-order valence-electron chi connectivity index (χ1n) is 9.16. The molecule has 0 saturated carbocycles. The molecule has 0 heterocycles. The summed E-state index contributed by atoms with van der Waals surface area (Å²) in [6.45, 7) is 4.11. The van der Waals surface area contributed by atoms with Crippen LogP contribution < -0.4 is 10.6 Å². The fourth-order valence-corrected chi connectivity index (χ4v) is 4.37. The van der Waals surface area contributed by atoms with Crippen molar-refractivity contribution in [3.63, 3.8) is 0 Å². The van der Waals surface area contributed by atoms with Gasteiger partial charge in [-0.05, 0) is 36.5 Å². The number of rotatable bonds is 8. The molecule has 0 bridgehead atoms. The molecule has 2 aromatic carbocycles. The Morgan fingerprint density at radius 3 is 1.94 bits per heavy atom. The summed E-state index contributed by atoms with van der Waals surface area (Å²) in [7, 11) is -3.63. The van der Waals surface area contributed by atoms with E-state index in [2.05, 4.69) is 10.6 Å². The number of nitrogens with one attached hydrogen (secondary N) is 2. The van der Waals surface area contributed by atoms with Gasteiger partial charge in [-0.3, -0.25) is 30.3 Å². The Balaban J connectivity index is 2.14. The number of non-ortho nitro benzene ring substituents is 2. The topological polar surface area (TPSA) is 165 Å². The van der Waals surface area contributed by atoms with Gasteiger partial charge in [0.25, 0.3) is 17.3 Å². The molecule has 0 aliphatic carbocycles. The number of anilines is 1. The third-order valence-electron chi connectivity index (χ3n) is 4.27. The highest BCUT2D eigenvalue weighted by Gasteiger charge is 2.22. The number of hydrogen-bond donors (Lipinski definition) is 2. The average molecular weight is 482 g/mol. The molecular formula is C18H19N5O7S2.